The van der Waals surface area contributed by atoms with Gasteiger partial charge in [-0.2, -0.15) is 0 Å². The fraction of sp³-hybridized carbons (Fsp3) is 0.462. The predicted molar refractivity (Wildman–Crippen MR) is 76.7 cm³/mol. The zero-order valence-electron chi connectivity index (χ0n) is 11.4. The van der Waals surface area contributed by atoms with Crippen molar-refractivity contribution in [2.45, 2.75) is 33.2 Å². The third-order valence-corrected chi connectivity index (χ3v) is 4.10. The molecule has 0 unspecified atom stereocenters. The molecular weight excluding hydrogens is 264 g/mol. The summed E-state index contributed by atoms with van der Waals surface area (Å²) >= 11 is 0. The third-order valence-electron chi connectivity index (χ3n) is 2.79. The van der Waals surface area contributed by atoms with Gasteiger partial charge in [0.2, 0.25) is 10.0 Å². The number of nitrogens with one attached hydrogen (secondary N) is 2. The number of carbonyl (C=O) groups is 1. The van der Waals surface area contributed by atoms with Crippen LogP contribution in [0.3, 0.4) is 0 Å². The van der Waals surface area contributed by atoms with E-state index in [0.29, 0.717) is 11.3 Å². The Morgan fingerprint density at radius 3 is 2.26 bits per heavy atom. The van der Waals surface area contributed by atoms with Crippen molar-refractivity contribution in [3.8, 4) is 0 Å². The average Bonchev–Trinajstić information content (AvgIpc) is 2.39. The van der Waals surface area contributed by atoms with Gasteiger partial charge in [-0.05, 0) is 44.5 Å². The Bertz CT molecular complexity index is 523. The molecule has 106 valence electrons. The van der Waals surface area contributed by atoms with Gasteiger partial charge < -0.3 is 5.32 Å². The van der Waals surface area contributed by atoms with Gasteiger partial charge in [0.15, 0.2) is 0 Å². The SMILES string of the molecule is CC[C@@H](C)NC(=O)c1ccc(NS(=O)(=O)CC)cc1. The Hall–Kier alpha value is -1.56. The van der Waals surface area contributed by atoms with Crippen LogP contribution in [0, 0.1) is 0 Å². The summed E-state index contributed by atoms with van der Waals surface area (Å²) in [5, 5.41) is 2.85. The summed E-state index contributed by atoms with van der Waals surface area (Å²) in [5.41, 5.74) is 0.974. The van der Waals surface area contributed by atoms with Gasteiger partial charge >= 0.3 is 0 Å². The normalized spacial score (nSPS) is 12.8. The lowest BCUT2D eigenvalue weighted by atomic mass is 10.1. The van der Waals surface area contributed by atoms with E-state index in [4.69, 9.17) is 0 Å². The summed E-state index contributed by atoms with van der Waals surface area (Å²) in [7, 11) is -3.28. The number of anilines is 1. The molecular formula is C13H20N2O3S. The van der Waals surface area contributed by atoms with Gasteiger partial charge in [0.05, 0.1) is 5.75 Å². The van der Waals surface area contributed by atoms with Crippen LogP contribution in [0.25, 0.3) is 0 Å². The highest BCUT2D eigenvalue weighted by Gasteiger charge is 2.10. The van der Waals surface area contributed by atoms with E-state index in [1.54, 1.807) is 31.2 Å². The van der Waals surface area contributed by atoms with Crippen LogP contribution in [0.5, 0.6) is 0 Å². The van der Waals surface area contributed by atoms with E-state index in [1.165, 1.54) is 0 Å². The van der Waals surface area contributed by atoms with Crippen molar-refractivity contribution in [3.63, 3.8) is 0 Å². The van der Waals surface area contributed by atoms with Crippen LogP contribution >= 0.6 is 0 Å². The second kappa shape index (κ2) is 6.56. The minimum Gasteiger partial charge on any atom is -0.350 e. The molecule has 1 aromatic carbocycles. The van der Waals surface area contributed by atoms with E-state index in [1.807, 2.05) is 13.8 Å². The number of benzene rings is 1. The van der Waals surface area contributed by atoms with E-state index in [-0.39, 0.29) is 17.7 Å². The molecule has 0 aromatic heterocycles. The first-order valence-electron chi connectivity index (χ1n) is 6.29. The lowest BCUT2D eigenvalue weighted by molar-refractivity contribution is 0.0939. The van der Waals surface area contributed by atoms with Crippen molar-refractivity contribution in [1.82, 2.24) is 5.32 Å². The van der Waals surface area contributed by atoms with E-state index >= 15 is 0 Å². The summed E-state index contributed by atoms with van der Waals surface area (Å²) in [4.78, 5) is 11.8. The highest BCUT2D eigenvalue weighted by Crippen LogP contribution is 2.11. The van der Waals surface area contributed by atoms with Gasteiger partial charge in [-0.1, -0.05) is 6.92 Å². The molecule has 5 nitrogen and oxygen atoms in total. The molecule has 1 amide bonds. The van der Waals surface area contributed by atoms with E-state index in [2.05, 4.69) is 10.0 Å². The first-order chi connectivity index (χ1) is 8.88. The number of carbonyl (C=O) groups excluding carboxylic acids is 1. The molecule has 6 heteroatoms. The van der Waals surface area contributed by atoms with Crippen molar-refractivity contribution in [2.24, 2.45) is 0 Å². The van der Waals surface area contributed by atoms with E-state index < -0.39 is 10.0 Å². The second-order valence-electron chi connectivity index (χ2n) is 4.37. The molecule has 0 saturated heterocycles. The molecule has 0 spiro atoms. The van der Waals surface area contributed by atoms with Crippen LogP contribution in [0.15, 0.2) is 24.3 Å². The lowest BCUT2D eigenvalue weighted by Gasteiger charge is -2.12. The molecule has 0 aliphatic carbocycles. The topological polar surface area (TPSA) is 75.3 Å². The summed E-state index contributed by atoms with van der Waals surface area (Å²) in [6, 6.07) is 6.49. The van der Waals surface area contributed by atoms with Gasteiger partial charge in [0.1, 0.15) is 0 Å². The van der Waals surface area contributed by atoms with Crippen molar-refractivity contribution < 1.29 is 13.2 Å². The minimum atomic E-state index is -3.28. The minimum absolute atomic E-state index is 0.0171. The highest BCUT2D eigenvalue weighted by atomic mass is 32.2. The fourth-order valence-corrected chi connectivity index (χ4v) is 1.99. The predicted octanol–water partition coefficient (Wildman–Crippen LogP) is 1.98. The van der Waals surface area contributed by atoms with Crippen LogP contribution in [0.4, 0.5) is 5.69 Å². The van der Waals surface area contributed by atoms with E-state index in [9.17, 15) is 13.2 Å². The Kier molecular flexibility index (Phi) is 5.35. The van der Waals surface area contributed by atoms with Gasteiger partial charge in [-0.3, -0.25) is 9.52 Å². The van der Waals surface area contributed by atoms with Crippen molar-refractivity contribution >= 4 is 21.6 Å². The van der Waals surface area contributed by atoms with Crippen molar-refractivity contribution in [2.75, 3.05) is 10.5 Å². The molecule has 0 saturated carbocycles. The van der Waals surface area contributed by atoms with Crippen molar-refractivity contribution in [3.05, 3.63) is 29.8 Å². The molecule has 2 N–H and O–H groups in total. The number of hydrogen-bond acceptors (Lipinski definition) is 3. The molecule has 0 aliphatic rings. The van der Waals surface area contributed by atoms with Crippen molar-refractivity contribution in [1.29, 1.82) is 0 Å². The monoisotopic (exact) mass is 284 g/mol. The first-order valence-corrected chi connectivity index (χ1v) is 7.94. The number of hydrogen-bond donors (Lipinski definition) is 2. The maximum atomic E-state index is 11.8. The summed E-state index contributed by atoms with van der Waals surface area (Å²) in [5.74, 6) is -0.136. The van der Waals surface area contributed by atoms with Gasteiger partial charge in [0.25, 0.3) is 5.91 Å². The number of sulfonamides is 1. The Balaban J connectivity index is 2.74. The maximum Gasteiger partial charge on any atom is 0.251 e. The lowest BCUT2D eigenvalue weighted by Crippen LogP contribution is -2.31. The quantitative estimate of drug-likeness (QED) is 0.838. The molecule has 0 radical (unpaired) electrons. The molecule has 1 rings (SSSR count). The summed E-state index contributed by atoms with van der Waals surface area (Å²) < 4.78 is 25.2. The number of amides is 1. The summed E-state index contributed by atoms with van der Waals surface area (Å²) in [6.45, 7) is 5.49. The highest BCUT2D eigenvalue weighted by molar-refractivity contribution is 7.92. The zero-order chi connectivity index (χ0) is 14.5. The second-order valence-corrected chi connectivity index (χ2v) is 6.38. The average molecular weight is 284 g/mol. The van der Waals surface area contributed by atoms with Crippen LogP contribution in [0.1, 0.15) is 37.6 Å². The van der Waals surface area contributed by atoms with Gasteiger partial charge in [-0.15, -0.1) is 0 Å². The van der Waals surface area contributed by atoms with Crippen LogP contribution in [-0.2, 0) is 10.0 Å². The Morgan fingerprint density at radius 1 is 1.21 bits per heavy atom. The molecule has 0 heterocycles. The van der Waals surface area contributed by atoms with Gasteiger partial charge in [0, 0.05) is 17.3 Å². The molecule has 19 heavy (non-hydrogen) atoms. The molecule has 1 atom stereocenters. The largest absolute Gasteiger partial charge is 0.350 e. The number of rotatable bonds is 6. The van der Waals surface area contributed by atoms with Crippen LogP contribution in [-0.4, -0.2) is 26.1 Å². The van der Waals surface area contributed by atoms with Crippen LogP contribution < -0.4 is 10.0 Å². The molecule has 1 aromatic rings. The Labute approximate surface area is 114 Å². The van der Waals surface area contributed by atoms with Crippen LogP contribution in [0.2, 0.25) is 0 Å². The Morgan fingerprint density at radius 2 is 1.79 bits per heavy atom. The smallest absolute Gasteiger partial charge is 0.251 e. The third kappa shape index (κ3) is 4.90. The molecule has 0 aliphatic heterocycles. The first kappa shape index (κ1) is 15.5. The molecule has 0 bridgehead atoms. The summed E-state index contributed by atoms with van der Waals surface area (Å²) in [6.07, 6.45) is 0.861. The zero-order valence-corrected chi connectivity index (χ0v) is 12.3. The fourth-order valence-electron chi connectivity index (χ4n) is 1.35. The standard InChI is InChI=1S/C13H20N2O3S/c1-4-10(3)14-13(16)11-6-8-12(9-7-11)15-19(17,18)5-2/h6-10,15H,4-5H2,1-3H3,(H,14,16)/t10-/m1/s1. The molecule has 0 fully saturated rings. The van der Waals surface area contributed by atoms with E-state index in [0.717, 1.165) is 6.42 Å². The maximum absolute atomic E-state index is 11.8. The van der Waals surface area contributed by atoms with Gasteiger partial charge in [-0.25, -0.2) is 8.42 Å².